The third-order valence-corrected chi connectivity index (χ3v) is 33.6. The molecule has 20 nitrogen and oxygen atoms in total. The summed E-state index contributed by atoms with van der Waals surface area (Å²) in [6.07, 6.45) is 17.9. The molecule has 12 aromatic rings. The number of rotatable bonds is 25. The molecule has 0 amide bonds. The molecule has 8 saturated heterocycles. The highest BCUT2D eigenvalue weighted by Gasteiger charge is 2.46. The molecule has 0 spiro atoms. The maximum Gasteiger partial charge on any atom is 0.123 e. The summed E-state index contributed by atoms with van der Waals surface area (Å²) in [7, 11) is 4.52. The number of fused-ring (bicyclic) bond motifs is 4. The summed E-state index contributed by atoms with van der Waals surface area (Å²) in [4.78, 5) is 45.5. The number of aromatic amines is 4. The zero-order valence-corrected chi connectivity index (χ0v) is 84.7. The summed E-state index contributed by atoms with van der Waals surface area (Å²) in [5, 5.41) is 20.4. The van der Waals surface area contributed by atoms with Crippen molar-refractivity contribution in [2.75, 3.05) is 217 Å². The lowest BCUT2D eigenvalue weighted by Gasteiger charge is -2.54. The van der Waals surface area contributed by atoms with Crippen LogP contribution >= 0.6 is 0 Å². The molecule has 21 heteroatoms. The zero-order valence-electron chi connectivity index (χ0n) is 84.7. The van der Waals surface area contributed by atoms with Crippen LogP contribution in [0.15, 0.2) is 212 Å². The Hall–Kier alpha value is -9.43. The average Bonchev–Trinajstić information content (AvgIpc) is 1.29. The third kappa shape index (κ3) is 24.0. The van der Waals surface area contributed by atoms with Gasteiger partial charge >= 0.3 is 0 Å². The van der Waals surface area contributed by atoms with Gasteiger partial charge in [0.15, 0.2) is 0 Å². The Morgan fingerprint density at radius 1 is 0.355 bits per heavy atom. The molecule has 0 radical (unpaired) electrons. The maximum absolute atomic E-state index is 13.6. The molecule has 736 valence electrons. The van der Waals surface area contributed by atoms with Gasteiger partial charge in [0.25, 0.3) is 0 Å². The first kappa shape index (κ1) is 97.4. The van der Waals surface area contributed by atoms with Gasteiger partial charge in [0.1, 0.15) is 5.82 Å². The van der Waals surface area contributed by atoms with Gasteiger partial charge in [-0.1, -0.05) is 103 Å². The van der Waals surface area contributed by atoms with Crippen LogP contribution in [0, 0.1) is 5.82 Å². The topological polar surface area (TPSA) is 150 Å². The highest BCUT2D eigenvalue weighted by Crippen LogP contribution is 2.42. The first-order valence-corrected chi connectivity index (χ1v) is 53.4. The van der Waals surface area contributed by atoms with Crippen molar-refractivity contribution in [3.63, 3.8) is 0 Å². The SMILES string of the molecule is CC(C)(C)N1CCN(CCNC2CCN(c3cccc(-c4cc5ccccc5[nH]4)c3)CC2)CC1.CC(C)N1CCN(C2(CNC3CCN(c4cccc(-c5cc6cc(F)ccc6[nH]5)c4)CC3)CCC2)CC1.CN1CCN(C2(CNC3CCN(c4cccc(-c5cc6ccccc6[nH]5)c4)CC3)CCC2)CC1.C[C@@H]1CN(CCNC2CCN(c3cccc(-c4cc5ccccc5[nH]4)c3)CC2)C[C@H](C)N1C. The number of nitrogens with one attached hydrogen (secondary N) is 8. The minimum absolute atomic E-state index is 0.194. The van der Waals surface area contributed by atoms with Crippen LogP contribution in [0.4, 0.5) is 27.1 Å². The van der Waals surface area contributed by atoms with Crippen LogP contribution < -0.4 is 40.9 Å². The Balaban J connectivity index is 0.000000118. The van der Waals surface area contributed by atoms with Gasteiger partial charge < -0.3 is 65.7 Å². The number of halogens is 1. The second-order valence-corrected chi connectivity index (χ2v) is 43.8. The quantitative estimate of drug-likeness (QED) is 0.0274. The number of benzene rings is 8. The number of piperazine rings is 4. The van der Waals surface area contributed by atoms with Gasteiger partial charge in [-0.15, -0.1) is 0 Å². The van der Waals surface area contributed by atoms with Crippen LogP contribution in [-0.2, 0) is 0 Å². The van der Waals surface area contributed by atoms with Gasteiger partial charge in [-0.2, -0.15) is 0 Å². The molecule has 0 bridgehead atoms. The summed E-state index contributed by atoms with van der Waals surface area (Å²) in [5.41, 5.74) is 20.6. The summed E-state index contributed by atoms with van der Waals surface area (Å²) in [6.45, 7) is 49.1. The molecule has 0 unspecified atom stereocenters. The van der Waals surface area contributed by atoms with Crippen LogP contribution in [0.25, 0.3) is 88.6 Å². The highest BCUT2D eigenvalue weighted by molar-refractivity contribution is 5.90. The zero-order chi connectivity index (χ0) is 94.7. The van der Waals surface area contributed by atoms with E-state index in [0.29, 0.717) is 58.9 Å². The van der Waals surface area contributed by atoms with Crippen molar-refractivity contribution in [2.45, 2.75) is 197 Å². The van der Waals surface area contributed by atoms with Crippen molar-refractivity contribution >= 4 is 66.4 Å². The molecule has 8 aromatic carbocycles. The van der Waals surface area contributed by atoms with Crippen molar-refractivity contribution in [3.8, 4) is 45.0 Å². The second-order valence-electron chi connectivity index (χ2n) is 43.8. The van der Waals surface area contributed by atoms with E-state index < -0.39 is 0 Å². The fraction of sp³-hybridized carbons (Fsp3) is 0.521. The van der Waals surface area contributed by atoms with Gasteiger partial charge in [-0.25, -0.2) is 4.39 Å². The molecule has 12 heterocycles. The van der Waals surface area contributed by atoms with E-state index in [0.717, 1.165) is 101 Å². The Labute approximate surface area is 823 Å². The maximum atomic E-state index is 13.6. The number of piperidine rings is 4. The van der Waals surface area contributed by atoms with E-state index in [2.05, 4.69) is 351 Å². The van der Waals surface area contributed by atoms with Crippen LogP contribution in [0.2, 0.25) is 0 Å². The van der Waals surface area contributed by atoms with E-state index in [-0.39, 0.29) is 5.82 Å². The minimum Gasteiger partial charge on any atom is -0.371 e. The second kappa shape index (κ2) is 44.8. The lowest BCUT2D eigenvalue weighted by molar-refractivity contribution is -0.0252. The van der Waals surface area contributed by atoms with Crippen LogP contribution in [0.1, 0.15) is 138 Å². The number of likely N-dealkylation sites (N-methyl/N-ethyl adjacent to an activating group) is 2. The molecule has 10 fully saturated rings. The Morgan fingerprint density at radius 3 is 1.04 bits per heavy atom. The smallest absolute Gasteiger partial charge is 0.123 e. The van der Waals surface area contributed by atoms with E-state index in [1.54, 1.807) is 6.07 Å². The van der Waals surface area contributed by atoms with Crippen LogP contribution in [-0.4, -0.2) is 315 Å². The Kier molecular flexibility index (Phi) is 31.6. The molecule has 4 aromatic heterocycles. The van der Waals surface area contributed by atoms with E-state index in [1.165, 1.54) is 290 Å². The number of aromatic nitrogens is 4. The largest absolute Gasteiger partial charge is 0.371 e. The van der Waals surface area contributed by atoms with Gasteiger partial charge in [-0.05, 0) is 284 Å². The van der Waals surface area contributed by atoms with Crippen molar-refractivity contribution in [2.24, 2.45) is 0 Å². The Bertz CT molecular complexity index is 5730. The van der Waals surface area contributed by atoms with Crippen molar-refractivity contribution in [1.82, 2.24) is 80.4 Å². The third-order valence-electron chi connectivity index (χ3n) is 33.6. The first-order valence-electron chi connectivity index (χ1n) is 53.4. The van der Waals surface area contributed by atoms with Gasteiger partial charge in [0, 0.05) is 331 Å². The molecule has 8 aliphatic heterocycles. The van der Waals surface area contributed by atoms with E-state index in [1.807, 2.05) is 12.1 Å². The van der Waals surface area contributed by atoms with E-state index in [9.17, 15) is 4.39 Å². The number of hydrogen-bond acceptors (Lipinski definition) is 16. The lowest BCUT2D eigenvalue weighted by atomic mass is 9.74. The highest BCUT2D eigenvalue weighted by atomic mass is 19.1. The predicted molar refractivity (Wildman–Crippen MR) is 579 cm³/mol. The monoisotopic (exact) mass is 1870 g/mol. The summed E-state index contributed by atoms with van der Waals surface area (Å²) < 4.78 is 13.6. The number of nitrogens with zero attached hydrogens (tertiary/aromatic N) is 12. The molecular weight excluding hydrogens is 1700 g/mol. The van der Waals surface area contributed by atoms with Gasteiger partial charge in [0.05, 0.1) is 0 Å². The number of H-pyrrole nitrogens is 4. The minimum atomic E-state index is -0.194. The molecule has 2 atom stereocenters. The van der Waals surface area contributed by atoms with Crippen LogP contribution in [0.3, 0.4) is 0 Å². The summed E-state index contributed by atoms with van der Waals surface area (Å²) >= 11 is 0. The molecule has 138 heavy (non-hydrogen) atoms. The predicted octanol–water partition coefficient (Wildman–Crippen LogP) is 19.3. The molecular formula is C117H161FN20. The number of para-hydroxylation sites is 3. The average molecular weight is 1870 g/mol. The van der Waals surface area contributed by atoms with E-state index in [4.69, 9.17) is 0 Å². The van der Waals surface area contributed by atoms with Crippen molar-refractivity contribution in [3.05, 3.63) is 218 Å². The van der Waals surface area contributed by atoms with Crippen LogP contribution in [0.5, 0.6) is 0 Å². The summed E-state index contributed by atoms with van der Waals surface area (Å²) in [6, 6.07) is 79.6. The van der Waals surface area contributed by atoms with Crippen molar-refractivity contribution < 1.29 is 4.39 Å². The fourth-order valence-electron chi connectivity index (χ4n) is 24.0. The van der Waals surface area contributed by atoms with Gasteiger partial charge in [0.2, 0.25) is 0 Å². The number of hydrogen-bond donors (Lipinski definition) is 8. The molecule has 2 aliphatic carbocycles. The summed E-state index contributed by atoms with van der Waals surface area (Å²) in [5.74, 6) is -0.194. The fourth-order valence-corrected chi connectivity index (χ4v) is 24.0. The van der Waals surface area contributed by atoms with Crippen molar-refractivity contribution in [1.29, 1.82) is 0 Å². The molecule has 8 N–H and O–H groups in total. The standard InChI is InChI=1S/C31H42FN5.C29H39N5.C29H41N5.C28H39N5/c1-23(2)35-15-17-37(18-16-35)31(11-4-12-31)22-33-27-9-13-36(14-10-27)28-6-3-5-24(20-28)30-21-25-19-26(32)7-8-29(25)34-30;1-32-16-18-34(19-17-32)29(12-5-13-29)22-30-25-10-14-33(15-11-25)26-8-4-7-23(20-26)28-21-24-6-2-3-9-27(24)31-28;1-29(2,3)34-19-17-32(18-20-34)16-13-30-25-11-14-33(15-12-25)26-9-6-8-23(21-26)28-22-24-7-4-5-10-27(24)31-28;1-21-19-32(20-22(2)31(21)3)16-13-29-25-11-14-33(15-12-25)26-9-6-8-23(17-26)28-18-24-7-4-5-10-27(24)30-28/h3,5-8,19-21,23,27,33-34H,4,9-18,22H2,1-2H3;2-4,6-9,20-21,25,30-31H,5,10-19,22H2,1H3;4-10,21-22,25,30-31H,11-20H2,1-3H3;4-10,17-18,21-22,25,29-30H,11-16,19-20H2,1-3H3/t;;;21-,22+. The molecule has 22 rings (SSSR count). The van der Waals surface area contributed by atoms with E-state index >= 15 is 0 Å². The molecule has 2 saturated carbocycles. The normalized spacial score (nSPS) is 21.6. The first-order chi connectivity index (χ1) is 67.2. The lowest BCUT2D eigenvalue weighted by Crippen LogP contribution is -2.65. The number of anilines is 4. The molecule has 10 aliphatic rings. The van der Waals surface area contributed by atoms with Gasteiger partial charge in [-0.3, -0.25) is 34.3 Å². The Morgan fingerprint density at radius 2 is 0.696 bits per heavy atom.